The van der Waals surface area contributed by atoms with Crippen molar-refractivity contribution in [2.45, 2.75) is 18.9 Å². The molecule has 0 amide bonds. The molecule has 0 atom stereocenters. The van der Waals surface area contributed by atoms with Gasteiger partial charge in [-0.05, 0) is 55.8 Å². The van der Waals surface area contributed by atoms with Crippen molar-refractivity contribution >= 4 is 54.9 Å². The van der Waals surface area contributed by atoms with Crippen LogP contribution in [0.2, 0.25) is 5.02 Å². The van der Waals surface area contributed by atoms with E-state index in [0.717, 1.165) is 48.3 Å². The van der Waals surface area contributed by atoms with Crippen molar-refractivity contribution in [1.29, 1.82) is 0 Å². The number of nitrogens with zero attached hydrogens (tertiary/aromatic N) is 2. The van der Waals surface area contributed by atoms with Crippen molar-refractivity contribution in [3.63, 3.8) is 0 Å². The van der Waals surface area contributed by atoms with E-state index in [4.69, 9.17) is 16.0 Å². The van der Waals surface area contributed by atoms with Gasteiger partial charge in [-0.15, -0.1) is 0 Å². The summed E-state index contributed by atoms with van der Waals surface area (Å²) in [7, 11) is -3.94. The number of aryl methyl sites for hydroxylation is 2. The number of rotatable bonds is 4. The van der Waals surface area contributed by atoms with Crippen LogP contribution < -0.4 is 14.9 Å². The van der Waals surface area contributed by atoms with E-state index in [-0.39, 0.29) is 5.09 Å². The highest BCUT2D eigenvalue weighted by atomic mass is 35.5. The minimum atomic E-state index is -3.94. The first-order chi connectivity index (χ1) is 15.3. The van der Waals surface area contributed by atoms with Crippen LogP contribution in [-0.2, 0) is 10.0 Å². The Labute approximate surface area is 191 Å². The van der Waals surface area contributed by atoms with E-state index in [2.05, 4.69) is 19.9 Å². The summed E-state index contributed by atoms with van der Waals surface area (Å²) in [6, 6.07) is 10.5. The molecule has 7 nitrogen and oxygen atoms in total. The average molecular weight is 471 g/mol. The van der Waals surface area contributed by atoms with Gasteiger partial charge in [-0.2, -0.15) is 8.42 Å². The highest BCUT2D eigenvalue weighted by Gasteiger charge is 2.25. The number of hydrogen-bond acceptors (Lipinski definition) is 6. The van der Waals surface area contributed by atoms with Gasteiger partial charge in [0.2, 0.25) is 5.09 Å². The molecular weight excluding hydrogens is 448 g/mol. The number of nitrogens with one attached hydrogen (secondary N) is 2. The first-order valence-corrected chi connectivity index (χ1v) is 12.3. The maximum absolute atomic E-state index is 13.2. The normalized spacial score (nSPS) is 14.9. The summed E-state index contributed by atoms with van der Waals surface area (Å²) >= 11 is 6.07. The van der Waals surface area contributed by atoms with Crippen LogP contribution in [0.1, 0.15) is 11.1 Å². The topological polar surface area (TPSA) is 87.5 Å². The van der Waals surface area contributed by atoms with Crippen molar-refractivity contribution in [3.05, 3.63) is 58.7 Å². The molecule has 0 saturated carbocycles. The van der Waals surface area contributed by atoms with Crippen molar-refractivity contribution in [2.75, 3.05) is 35.8 Å². The average Bonchev–Trinajstić information content (AvgIpc) is 3.11. The summed E-state index contributed by atoms with van der Waals surface area (Å²) < 4.78 is 34.7. The summed E-state index contributed by atoms with van der Waals surface area (Å²) in [4.78, 5) is 6.85. The van der Waals surface area contributed by atoms with Gasteiger partial charge in [-0.1, -0.05) is 11.6 Å². The number of aromatic nitrogens is 1. The molecule has 2 aromatic heterocycles. The smallest absolute Gasteiger partial charge is 0.295 e. The summed E-state index contributed by atoms with van der Waals surface area (Å²) in [6.45, 7) is 7.33. The maximum Gasteiger partial charge on any atom is 0.295 e. The fourth-order valence-electron chi connectivity index (χ4n) is 4.28. The molecule has 1 aliphatic heterocycles. The number of furan rings is 1. The molecule has 1 saturated heterocycles. The first kappa shape index (κ1) is 21.1. The van der Waals surface area contributed by atoms with Crippen molar-refractivity contribution in [1.82, 2.24) is 10.3 Å². The van der Waals surface area contributed by atoms with Crippen LogP contribution in [-0.4, -0.2) is 39.6 Å². The number of pyridine rings is 1. The molecule has 2 aromatic carbocycles. The van der Waals surface area contributed by atoms with Gasteiger partial charge >= 0.3 is 0 Å². The summed E-state index contributed by atoms with van der Waals surface area (Å²) in [5.41, 5.74) is 4.43. The molecule has 4 aromatic rings. The number of halogens is 1. The van der Waals surface area contributed by atoms with Crippen LogP contribution in [0.25, 0.3) is 21.9 Å². The molecule has 2 N–H and O–H groups in total. The van der Waals surface area contributed by atoms with E-state index in [9.17, 15) is 8.42 Å². The monoisotopic (exact) mass is 470 g/mol. The molecule has 32 heavy (non-hydrogen) atoms. The number of hydrogen-bond donors (Lipinski definition) is 2. The molecule has 5 rings (SSSR count). The van der Waals surface area contributed by atoms with E-state index in [1.165, 1.54) is 0 Å². The van der Waals surface area contributed by atoms with Crippen LogP contribution >= 0.6 is 11.6 Å². The molecule has 0 radical (unpaired) electrons. The molecule has 0 unspecified atom stereocenters. The van der Waals surface area contributed by atoms with E-state index >= 15 is 0 Å². The van der Waals surface area contributed by atoms with Gasteiger partial charge in [0.15, 0.2) is 0 Å². The largest absolute Gasteiger partial charge is 0.442 e. The lowest BCUT2D eigenvalue weighted by Crippen LogP contribution is -2.43. The van der Waals surface area contributed by atoms with Gasteiger partial charge in [0.25, 0.3) is 10.0 Å². The lowest BCUT2D eigenvalue weighted by molar-refractivity contribution is 0.479. The Morgan fingerprint density at radius 3 is 2.66 bits per heavy atom. The molecule has 1 fully saturated rings. The van der Waals surface area contributed by atoms with Crippen LogP contribution in [0.15, 0.2) is 52.1 Å². The van der Waals surface area contributed by atoms with Gasteiger partial charge in [0.1, 0.15) is 5.58 Å². The van der Waals surface area contributed by atoms with Gasteiger partial charge < -0.3 is 14.6 Å². The van der Waals surface area contributed by atoms with Gasteiger partial charge in [-0.3, -0.25) is 9.71 Å². The van der Waals surface area contributed by atoms with Gasteiger partial charge in [0, 0.05) is 59.4 Å². The standard InChI is InChI=1S/C23H23ClN4O3S/c1-14-13-26-20-5-4-17(12-19(20)22(14)28-9-7-25-8-10-28)27-32(29,30)23-15(2)18-11-16(24)3-6-21(18)31-23/h3-6,11-13,25,27H,7-10H2,1-2H3. The van der Waals surface area contributed by atoms with E-state index < -0.39 is 10.0 Å². The Morgan fingerprint density at radius 2 is 1.88 bits per heavy atom. The Bertz CT molecular complexity index is 1440. The minimum absolute atomic E-state index is 0.112. The lowest BCUT2D eigenvalue weighted by Gasteiger charge is -2.31. The summed E-state index contributed by atoms with van der Waals surface area (Å²) in [5, 5.41) is 5.37. The molecule has 0 aliphatic carbocycles. The Kier molecular flexibility index (Phi) is 5.23. The van der Waals surface area contributed by atoms with Crippen molar-refractivity contribution < 1.29 is 12.8 Å². The Balaban J connectivity index is 1.56. The van der Waals surface area contributed by atoms with E-state index in [0.29, 0.717) is 27.2 Å². The second-order valence-corrected chi connectivity index (χ2v) is 10.0. The SMILES string of the molecule is Cc1cnc2ccc(NS(=O)(=O)c3oc4ccc(Cl)cc4c3C)cc2c1N1CCNCC1. The molecular formula is C23H23ClN4O3S. The third-order valence-electron chi connectivity index (χ3n) is 5.81. The zero-order chi connectivity index (χ0) is 22.5. The highest BCUT2D eigenvalue weighted by molar-refractivity contribution is 7.92. The lowest BCUT2D eigenvalue weighted by atomic mass is 10.1. The van der Waals surface area contributed by atoms with E-state index in [1.54, 1.807) is 31.2 Å². The van der Waals surface area contributed by atoms with Crippen LogP contribution in [0.3, 0.4) is 0 Å². The molecule has 1 aliphatic rings. The van der Waals surface area contributed by atoms with Crippen LogP contribution in [0, 0.1) is 13.8 Å². The minimum Gasteiger partial charge on any atom is -0.442 e. The molecule has 0 spiro atoms. The Hall–Kier alpha value is -2.81. The summed E-state index contributed by atoms with van der Waals surface area (Å²) in [5.74, 6) is 0. The number of anilines is 2. The second-order valence-electron chi connectivity index (χ2n) is 8.02. The van der Waals surface area contributed by atoms with Gasteiger partial charge in [-0.25, -0.2) is 0 Å². The fourth-order valence-corrected chi connectivity index (χ4v) is 5.69. The third kappa shape index (κ3) is 3.68. The van der Waals surface area contributed by atoms with Crippen molar-refractivity contribution in [2.24, 2.45) is 0 Å². The predicted octanol–water partition coefficient (Wildman–Crippen LogP) is 4.46. The zero-order valence-corrected chi connectivity index (χ0v) is 19.3. The Morgan fingerprint density at radius 1 is 1.09 bits per heavy atom. The zero-order valence-electron chi connectivity index (χ0n) is 17.8. The molecule has 0 bridgehead atoms. The van der Waals surface area contributed by atoms with Crippen LogP contribution in [0.5, 0.6) is 0 Å². The molecule has 9 heteroatoms. The first-order valence-electron chi connectivity index (χ1n) is 10.4. The third-order valence-corrected chi connectivity index (χ3v) is 7.42. The number of sulfonamides is 1. The highest BCUT2D eigenvalue weighted by Crippen LogP contribution is 2.34. The molecule has 166 valence electrons. The van der Waals surface area contributed by atoms with Gasteiger partial charge in [0.05, 0.1) is 11.2 Å². The number of piperazine rings is 1. The second kappa shape index (κ2) is 7.95. The van der Waals surface area contributed by atoms with Crippen LogP contribution in [0.4, 0.5) is 11.4 Å². The fraction of sp³-hybridized carbons (Fsp3) is 0.261. The molecule has 3 heterocycles. The van der Waals surface area contributed by atoms with Crippen molar-refractivity contribution in [3.8, 4) is 0 Å². The maximum atomic E-state index is 13.2. The predicted molar refractivity (Wildman–Crippen MR) is 128 cm³/mol. The summed E-state index contributed by atoms with van der Waals surface area (Å²) in [6.07, 6.45) is 1.87. The number of benzene rings is 2. The van der Waals surface area contributed by atoms with E-state index in [1.807, 2.05) is 25.3 Å². The quantitative estimate of drug-likeness (QED) is 0.458. The number of fused-ring (bicyclic) bond motifs is 2.